The number of carbonyl (C=O) groups excluding carboxylic acids is 1. The second kappa shape index (κ2) is 7.40. The minimum atomic E-state index is -0.103. The molecule has 7 heteroatoms. The second-order valence-corrected chi connectivity index (χ2v) is 6.73. The van der Waals surface area contributed by atoms with Gasteiger partial charge in [-0.2, -0.15) is 4.98 Å². The van der Waals surface area contributed by atoms with Crippen molar-refractivity contribution in [1.82, 2.24) is 10.1 Å². The number of anilines is 1. The van der Waals surface area contributed by atoms with Gasteiger partial charge in [-0.25, -0.2) is 0 Å². The Labute approximate surface area is 161 Å². The van der Waals surface area contributed by atoms with E-state index < -0.39 is 0 Å². The van der Waals surface area contributed by atoms with Gasteiger partial charge in [0.15, 0.2) is 5.82 Å². The maximum absolute atomic E-state index is 12.4. The Balaban J connectivity index is 1.50. The van der Waals surface area contributed by atoms with Crippen molar-refractivity contribution in [2.45, 2.75) is 19.3 Å². The van der Waals surface area contributed by atoms with E-state index in [4.69, 9.17) is 20.9 Å². The number of ether oxygens (including phenoxy) is 1. The van der Waals surface area contributed by atoms with Crippen molar-refractivity contribution in [2.24, 2.45) is 0 Å². The Morgan fingerprint density at radius 2 is 1.93 bits per heavy atom. The van der Waals surface area contributed by atoms with E-state index >= 15 is 0 Å². The number of hydrogen-bond donors (Lipinski definition) is 0. The second-order valence-electron chi connectivity index (χ2n) is 6.30. The number of hydrogen-bond acceptors (Lipinski definition) is 5. The van der Waals surface area contributed by atoms with Gasteiger partial charge < -0.3 is 14.2 Å². The van der Waals surface area contributed by atoms with Crippen LogP contribution in [0.25, 0.3) is 11.5 Å². The van der Waals surface area contributed by atoms with Gasteiger partial charge in [0.1, 0.15) is 5.75 Å². The molecule has 0 spiro atoms. The Morgan fingerprint density at radius 1 is 1.19 bits per heavy atom. The van der Waals surface area contributed by atoms with Gasteiger partial charge in [-0.1, -0.05) is 16.8 Å². The quantitative estimate of drug-likeness (QED) is 0.656. The zero-order chi connectivity index (χ0) is 18.8. The molecule has 6 nitrogen and oxygen atoms in total. The van der Waals surface area contributed by atoms with Crippen molar-refractivity contribution in [3.05, 3.63) is 59.4 Å². The summed E-state index contributed by atoms with van der Waals surface area (Å²) in [6, 6.07) is 14.7. The monoisotopic (exact) mass is 383 g/mol. The molecule has 27 heavy (non-hydrogen) atoms. The predicted molar refractivity (Wildman–Crippen MR) is 102 cm³/mol. The summed E-state index contributed by atoms with van der Waals surface area (Å²) >= 11 is 5.92. The molecule has 0 saturated carbocycles. The first kappa shape index (κ1) is 17.5. The van der Waals surface area contributed by atoms with Crippen molar-refractivity contribution < 1.29 is 14.1 Å². The molecule has 0 radical (unpaired) electrons. The molecule has 1 aliphatic rings. The molecule has 1 aromatic heterocycles. The highest BCUT2D eigenvalue weighted by molar-refractivity contribution is 6.30. The van der Waals surface area contributed by atoms with Crippen LogP contribution in [0.2, 0.25) is 5.02 Å². The van der Waals surface area contributed by atoms with Gasteiger partial charge in [-0.3, -0.25) is 4.79 Å². The fourth-order valence-electron chi connectivity index (χ4n) is 3.13. The van der Waals surface area contributed by atoms with Crippen molar-refractivity contribution in [2.75, 3.05) is 18.1 Å². The van der Waals surface area contributed by atoms with E-state index in [0.717, 1.165) is 17.0 Å². The van der Waals surface area contributed by atoms with Crippen LogP contribution in [0.3, 0.4) is 0 Å². The summed E-state index contributed by atoms with van der Waals surface area (Å²) in [4.78, 5) is 18.6. The first-order valence-corrected chi connectivity index (χ1v) is 9.14. The van der Waals surface area contributed by atoms with Crippen molar-refractivity contribution in [3.63, 3.8) is 0 Å². The number of rotatable bonds is 5. The predicted octanol–water partition coefficient (Wildman–Crippen LogP) is 4.31. The third kappa shape index (κ3) is 3.66. The maximum atomic E-state index is 12.4. The van der Waals surface area contributed by atoms with Crippen LogP contribution in [0.5, 0.6) is 5.75 Å². The Kier molecular flexibility index (Phi) is 4.81. The molecule has 1 amide bonds. The number of benzene rings is 2. The number of halogens is 1. The van der Waals surface area contributed by atoms with Gasteiger partial charge in [0, 0.05) is 35.2 Å². The molecule has 0 N–H and O–H groups in total. The van der Waals surface area contributed by atoms with Crippen LogP contribution in [0.15, 0.2) is 53.1 Å². The van der Waals surface area contributed by atoms with Gasteiger partial charge in [-0.05, 0) is 55.5 Å². The van der Waals surface area contributed by atoms with Crippen LogP contribution in [-0.2, 0) is 4.79 Å². The topological polar surface area (TPSA) is 68.5 Å². The Bertz CT molecular complexity index is 938. The van der Waals surface area contributed by atoms with Crippen LogP contribution < -0.4 is 9.64 Å². The molecule has 1 atom stereocenters. The average Bonchev–Trinajstić information content (AvgIpc) is 3.30. The molecular formula is C20H18ClN3O3. The van der Waals surface area contributed by atoms with Gasteiger partial charge in [0.05, 0.1) is 6.61 Å². The van der Waals surface area contributed by atoms with Crippen LogP contribution in [0.1, 0.15) is 25.1 Å². The number of aromatic nitrogens is 2. The molecule has 138 valence electrons. The number of carbonyl (C=O) groups is 1. The molecule has 1 aliphatic heterocycles. The van der Waals surface area contributed by atoms with Crippen molar-refractivity contribution >= 4 is 23.2 Å². The fraction of sp³-hybridized carbons (Fsp3) is 0.250. The smallest absolute Gasteiger partial charge is 0.257 e. The summed E-state index contributed by atoms with van der Waals surface area (Å²) in [7, 11) is 0. The van der Waals surface area contributed by atoms with E-state index in [9.17, 15) is 4.79 Å². The molecule has 0 bridgehead atoms. The largest absolute Gasteiger partial charge is 0.494 e. The van der Waals surface area contributed by atoms with Gasteiger partial charge in [0.25, 0.3) is 5.89 Å². The van der Waals surface area contributed by atoms with Crippen LogP contribution >= 0.6 is 11.6 Å². The lowest BCUT2D eigenvalue weighted by molar-refractivity contribution is -0.117. The number of amides is 1. The van der Waals surface area contributed by atoms with Gasteiger partial charge >= 0.3 is 0 Å². The molecule has 1 fully saturated rings. The molecule has 2 aromatic carbocycles. The molecule has 2 heterocycles. The highest BCUT2D eigenvalue weighted by Crippen LogP contribution is 2.32. The van der Waals surface area contributed by atoms with Gasteiger partial charge in [-0.15, -0.1) is 0 Å². The third-order valence-electron chi connectivity index (χ3n) is 4.48. The van der Waals surface area contributed by atoms with Crippen LogP contribution in [0, 0.1) is 0 Å². The first-order valence-electron chi connectivity index (χ1n) is 8.77. The zero-order valence-corrected chi connectivity index (χ0v) is 15.5. The summed E-state index contributed by atoms with van der Waals surface area (Å²) in [6.45, 7) is 3.07. The van der Waals surface area contributed by atoms with E-state index in [1.165, 1.54) is 0 Å². The molecular weight excluding hydrogens is 366 g/mol. The molecule has 3 aromatic rings. The Hall–Kier alpha value is -2.86. The van der Waals surface area contributed by atoms with E-state index in [1.54, 1.807) is 17.0 Å². The van der Waals surface area contributed by atoms with E-state index in [2.05, 4.69) is 10.1 Å². The summed E-state index contributed by atoms with van der Waals surface area (Å²) in [5.74, 6) is 1.71. The normalized spacial score (nSPS) is 16.7. The minimum absolute atomic E-state index is 0.0368. The fourth-order valence-corrected chi connectivity index (χ4v) is 3.26. The van der Waals surface area contributed by atoms with Crippen LogP contribution in [0.4, 0.5) is 5.69 Å². The van der Waals surface area contributed by atoms with E-state index in [-0.39, 0.29) is 11.8 Å². The lowest BCUT2D eigenvalue weighted by atomic mass is 10.1. The number of nitrogens with zero attached hydrogens (tertiary/aromatic N) is 3. The van der Waals surface area contributed by atoms with E-state index in [0.29, 0.717) is 36.3 Å². The van der Waals surface area contributed by atoms with Crippen LogP contribution in [-0.4, -0.2) is 29.2 Å². The minimum Gasteiger partial charge on any atom is -0.494 e. The summed E-state index contributed by atoms with van der Waals surface area (Å²) in [5.41, 5.74) is 1.64. The summed E-state index contributed by atoms with van der Waals surface area (Å²) < 4.78 is 10.8. The van der Waals surface area contributed by atoms with E-state index in [1.807, 2.05) is 43.3 Å². The zero-order valence-electron chi connectivity index (χ0n) is 14.8. The summed E-state index contributed by atoms with van der Waals surface area (Å²) in [5, 5.41) is 4.73. The highest BCUT2D eigenvalue weighted by Gasteiger charge is 2.34. The summed E-state index contributed by atoms with van der Waals surface area (Å²) in [6.07, 6.45) is 0.352. The van der Waals surface area contributed by atoms with Crippen molar-refractivity contribution in [1.29, 1.82) is 0 Å². The highest BCUT2D eigenvalue weighted by atomic mass is 35.5. The maximum Gasteiger partial charge on any atom is 0.257 e. The molecule has 0 unspecified atom stereocenters. The third-order valence-corrected chi connectivity index (χ3v) is 4.73. The lowest BCUT2D eigenvalue weighted by Crippen LogP contribution is -2.24. The lowest BCUT2D eigenvalue weighted by Gasteiger charge is -2.16. The molecule has 0 aliphatic carbocycles. The Morgan fingerprint density at radius 3 is 2.63 bits per heavy atom. The standard InChI is InChI=1S/C20H18ClN3O3/c1-2-26-17-9-3-13(4-10-17)20-22-19(23-27-20)14-11-18(25)24(12-14)16-7-5-15(21)6-8-16/h3-10,14H,2,11-12H2,1H3/t14-/m0/s1. The molecule has 4 rings (SSSR count). The van der Waals surface area contributed by atoms with Gasteiger partial charge in [0.2, 0.25) is 5.91 Å². The first-order chi connectivity index (χ1) is 13.1. The SMILES string of the molecule is CCOc1ccc(-c2nc([C@H]3CC(=O)N(c4ccc(Cl)cc4)C3)no2)cc1. The van der Waals surface area contributed by atoms with Crippen molar-refractivity contribution in [3.8, 4) is 17.2 Å². The average molecular weight is 384 g/mol. The molecule has 1 saturated heterocycles.